The van der Waals surface area contributed by atoms with Gasteiger partial charge < -0.3 is 14.7 Å². The molecule has 40 heavy (non-hydrogen) atoms. The van der Waals surface area contributed by atoms with Gasteiger partial charge in [0.1, 0.15) is 5.82 Å². The van der Waals surface area contributed by atoms with E-state index in [0.29, 0.717) is 72.4 Å². The van der Waals surface area contributed by atoms with Crippen molar-refractivity contribution in [2.45, 2.75) is 19.4 Å². The van der Waals surface area contributed by atoms with Gasteiger partial charge in [-0.15, -0.1) is 0 Å². The van der Waals surface area contributed by atoms with Gasteiger partial charge in [0.25, 0.3) is 11.8 Å². The van der Waals surface area contributed by atoms with Gasteiger partial charge in [-0.2, -0.15) is 0 Å². The van der Waals surface area contributed by atoms with Crippen LogP contribution in [0.1, 0.15) is 39.1 Å². The SMILES string of the molecule is O=C(C1CCCN(c2cccc3c2C(=O)N(Cc2ccccc2Cl)C3=O)C1)N1CCN(c2ccccc2F)CC1. The molecule has 0 saturated carbocycles. The van der Waals surface area contributed by atoms with Crippen molar-refractivity contribution in [2.75, 3.05) is 49.1 Å². The summed E-state index contributed by atoms with van der Waals surface area (Å²) in [5, 5.41) is 0.506. The van der Waals surface area contributed by atoms with Gasteiger partial charge in [0.15, 0.2) is 0 Å². The molecule has 206 valence electrons. The fraction of sp³-hybridized carbons (Fsp3) is 0.323. The molecule has 0 aliphatic carbocycles. The van der Waals surface area contributed by atoms with Crippen LogP contribution in [0.25, 0.3) is 0 Å². The van der Waals surface area contributed by atoms with Crippen molar-refractivity contribution < 1.29 is 18.8 Å². The summed E-state index contributed by atoms with van der Waals surface area (Å²) in [4.78, 5) is 47.5. The van der Waals surface area contributed by atoms with E-state index in [0.717, 1.165) is 12.8 Å². The van der Waals surface area contributed by atoms with E-state index in [1.807, 2.05) is 40.1 Å². The summed E-state index contributed by atoms with van der Waals surface area (Å²) in [5.74, 6) is -1.05. The summed E-state index contributed by atoms with van der Waals surface area (Å²) in [6.45, 7) is 3.51. The molecular formula is C31H30ClFN4O3. The number of halogens is 2. The predicted molar refractivity (Wildman–Crippen MR) is 152 cm³/mol. The third-order valence-corrected chi connectivity index (χ3v) is 8.53. The van der Waals surface area contributed by atoms with Gasteiger partial charge in [0.05, 0.1) is 35.0 Å². The van der Waals surface area contributed by atoms with E-state index in [1.165, 1.54) is 11.0 Å². The smallest absolute Gasteiger partial charge is 0.263 e. The number of imide groups is 1. The summed E-state index contributed by atoms with van der Waals surface area (Å²) in [5.41, 5.74) is 2.75. The molecule has 0 aromatic heterocycles. The highest BCUT2D eigenvalue weighted by Crippen LogP contribution is 2.35. The fourth-order valence-electron chi connectivity index (χ4n) is 6.05. The normalized spacial score (nSPS) is 19.3. The quantitative estimate of drug-likeness (QED) is 0.418. The molecule has 7 nitrogen and oxygen atoms in total. The zero-order valence-electron chi connectivity index (χ0n) is 22.1. The Balaban J connectivity index is 1.15. The van der Waals surface area contributed by atoms with Crippen molar-refractivity contribution in [1.82, 2.24) is 9.80 Å². The van der Waals surface area contributed by atoms with Gasteiger partial charge in [0, 0.05) is 44.3 Å². The second-order valence-corrected chi connectivity index (χ2v) is 10.9. The maximum atomic E-state index is 14.2. The fourth-order valence-corrected chi connectivity index (χ4v) is 6.25. The average molecular weight is 561 g/mol. The standard InChI is InChI=1S/C31H30ClFN4O3/c32-24-10-2-1-7-21(24)20-37-30(39)23-9-5-13-27(28(23)31(37)40)36-14-6-8-22(19-36)29(38)35-17-15-34(16-18-35)26-12-4-3-11-25(26)33/h1-5,7,9-13,22H,6,8,14-20H2. The van der Waals surface area contributed by atoms with Crippen molar-refractivity contribution in [3.63, 3.8) is 0 Å². The van der Waals surface area contributed by atoms with Gasteiger partial charge in [-0.3, -0.25) is 19.3 Å². The number of rotatable bonds is 5. The molecule has 1 unspecified atom stereocenters. The molecule has 2 saturated heterocycles. The summed E-state index contributed by atoms with van der Waals surface area (Å²) in [6, 6.07) is 19.3. The van der Waals surface area contributed by atoms with E-state index in [4.69, 9.17) is 11.6 Å². The molecule has 9 heteroatoms. The first-order chi connectivity index (χ1) is 19.4. The number of benzene rings is 3. The number of anilines is 2. The van der Waals surface area contributed by atoms with E-state index in [-0.39, 0.29) is 36.0 Å². The Kier molecular flexibility index (Phi) is 7.19. The first-order valence-corrected chi connectivity index (χ1v) is 14.1. The van der Waals surface area contributed by atoms with Crippen LogP contribution in [-0.4, -0.2) is 66.8 Å². The Labute approximate surface area is 237 Å². The van der Waals surface area contributed by atoms with Crippen LogP contribution in [0.4, 0.5) is 15.8 Å². The number of piperidine rings is 1. The van der Waals surface area contributed by atoms with Gasteiger partial charge in [-0.25, -0.2) is 4.39 Å². The van der Waals surface area contributed by atoms with Crippen LogP contribution in [0.5, 0.6) is 0 Å². The van der Waals surface area contributed by atoms with Crippen LogP contribution < -0.4 is 9.80 Å². The number of carbonyl (C=O) groups is 3. The van der Waals surface area contributed by atoms with Crippen molar-refractivity contribution in [2.24, 2.45) is 5.92 Å². The van der Waals surface area contributed by atoms with Crippen molar-refractivity contribution in [1.29, 1.82) is 0 Å². The lowest BCUT2D eigenvalue weighted by molar-refractivity contribution is -0.136. The number of amides is 3. The van der Waals surface area contributed by atoms with Crippen LogP contribution in [0.3, 0.4) is 0 Å². The maximum absolute atomic E-state index is 14.2. The van der Waals surface area contributed by atoms with Crippen LogP contribution in [0, 0.1) is 11.7 Å². The molecule has 0 bridgehead atoms. The Morgan fingerprint density at radius 1 is 0.825 bits per heavy atom. The zero-order chi connectivity index (χ0) is 27.8. The minimum Gasteiger partial charge on any atom is -0.370 e. The van der Waals surface area contributed by atoms with E-state index in [9.17, 15) is 18.8 Å². The first kappa shape index (κ1) is 26.3. The molecule has 3 aromatic rings. The number of hydrogen-bond acceptors (Lipinski definition) is 5. The largest absolute Gasteiger partial charge is 0.370 e. The Morgan fingerprint density at radius 3 is 2.33 bits per heavy atom. The number of carbonyl (C=O) groups excluding carboxylic acids is 3. The lowest BCUT2D eigenvalue weighted by Crippen LogP contribution is -2.53. The Hall–Kier alpha value is -3.91. The topological polar surface area (TPSA) is 64.2 Å². The molecule has 3 aliphatic rings. The molecule has 0 N–H and O–H groups in total. The molecule has 0 spiro atoms. The van der Waals surface area contributed by atoms with E-state index in [1.54, 1.807) is 30.3 Å². The van der Waals surface area contributed by atoms with Crippen LogP contribution in [-0.2, 0) is 11.3 Å². The summed E-state index contributed by atoms with van der Waals surface area (Å²) in [6.07, 6.45) is 1.57. The van der Waals surface area contributed by atoms with Crippen LogP contribution in [0.15, 0.2) is 66.7 Å². The highest BCUT2D eigenvalue weighted by Gasteiger charge is 2.40. The summed E-state index contributed by atoms with van der Waals surface area (Å²) >= 11 is 6.31. The number of piperazine rings is 1. The predicted octanol–water partition coefficient (Wildman–Crippen LogP) is 4.84. The van der Waals surface area contributed by atoms with E-state index >= 15 is 0 Å². The van der Waals surface area contributed by atoms with Gasteiger partial charge >= 0.3 is 0 Å². The summed E-state index contributed by atoms with van der Waals surface area (Å²) in [7, 11) is 0. The molecule has 2 fully saturated rings. The highest BCUT2D eigenvalue weighted by molar-refractivity contribution is 6.31. The van der Waals surface area contributed by atoms with Crippen molar-refractivity contribution in [3.8, 4) is 0 Å². The van der Waals surface area contributed by atoms with Gasteiger partial charge in [0.2, 0.25) is 5.91 Å². The van der Waals surface area contributed by atoms with Crippen molar-refractivity contribution >= 4 is 40.7 Å². The average Bonchev–Trinajstić information content (AvgIpc) is 3.23. The zero-order valence-corrected chi connectivity index (χ0v) is 22.8. The van der Waals surface area contributed by atoms with E-state index < -0.39 is 0 Å². The molecule has 3 aromatic carbocycles. The third-order valence-electron chi connectivity index (χ3n) is 8.16. The minimum atomic E-state index is -0.340. The Morgan fingerprint density at radius 2 is 1.55 bits per heavy atom. The third kappa shape index (κ3) is 4.81. The molecule has 3 amide bonds. The molecule has 3 heterocycles. The monoisotopic (exact) mass is 560 g/mol. The molecule has 0 radical (unpaired) electrons. The van der Waals surface area contributed by atoms with Crippen LogP contribution in [0.2, 0.25) is 5.02 Å². The second kappa shape index (κ2) is 10.9. The number of nitrogens with zero attached hydrogens (tertiary/aromatic N) is 4. The minimum absolute atomic E-state index is 0.0909. The second-order valence-electron chi connectivity index (χ2n) is 10.5. The highest BCUT2D eigenvalue weighted by atomic mass is 35.5. The van der Waals surface area contributed by atoms with Crippen LogP contribution >= 0.6 is 11.6 Å². The maximum Gasteiger partial charge on any atom is 0.263 e. The van der Waals surface area contributed by atoms with Crippen molar-refractivity contribution in [3.05, 3.63) is 94.3 Å². The first-order valence-electron chi connectivity index (χ1n) is 13.7. The van der Waals surface area contributed by atoms with E-state index in [2.05, 4.69) is 4.90 Å². The molecule has 3 aliphatic heterocycles. The lowest BCUT2D eigenvalue weighted by atomic mass is 9.94. The lowest BCUT2D eigenvalue weighted by Gasteiger charge is -2.40. The Bertz CT molecular complexity index is 1470. The summed E-state index contributed by atoms with van der Waals surface area (Å²) < 4.78 is 14.2. The molecule has 1 atom stereocenters. The van der Waals surface area contributed by atoms with Gasteiger partial charge in [-0.1, -0.05) is 48.0 Å². The molecule has 6 rings (SSSR count). The number of para-hydroxylation sites is 1. The van der Waals surface area contributed by atoms with Gasteiger partial charge in [-0.05, 0) is 48.7 Å². The number of hydrogen-bond donors (Lipinski definition) is 0. The molecular weight excluding hydrogens is 531 g/mol. The number of fused-ring (bicyclic) bond motifs is 1.